The molecule has 0 aromatic carbocycles. The van der Waals surface area contributed by atoms with Crippen LogP contribution < -0.4 is 0 Å². The van der Waals surface area contributed by atoms with E-state index in [4.69, 9.17) is 0 Å². The van der Waals surface area contributed by atoms with Gasteiger partial charge in [-0.3, -0.25) is 0 Å². The van der Waals surface area contributed by atoms with E-state index in [-0.39, 0.29) is 0 Å². The van der Waals surface area contributed by atoms with Gasteiger partial charge in [-0.15, -0.1) is 0 Å². The van der Waals surface area contributed by atoms with Crippen LogP contribution in [0.2, 0.25) is 6.32 Å². The quantitative estimate of drug-likeness (QED) is 0.375. The van der Waals surface area contributed by atoms with Crippen LogP contribution in [0.5, 0.6) is 0 Å². The zero-order chi connectivity index (χ0) is 4.83. The molecule has 0 aliphatic rings. The first-order valence-corrected chi connectivity index (χ1v) is 5.79. The van der Waals surface area contributed by atoms with E-state index in [1.54, 1.807) is 0 Å². The molecule has 0 aromatic heterocycles. The van der Waals surface area contributed by atoms with Crippen LogP contribution in [0.15, 0.2) is 0 Å². The normalized spacial score (nSPS) is 9.00. The number of hydrogen-bond donors (Lipinski definition) is 0. The van der Waals surface area contributed by atoms with Gasteiger partial charge in [0.2, 0.25) is 0 Å². The SMILES string of the molecule is CCCB=PI. The molecule has 0 fully saturated rings. The molecule has 0 heterocycles. The average Bonchev–Trinajstić information content (AvgIpc) is 1.61. The zero-order valence-corrected chi connectivity index (χ0v) is 6.87. The Morgan fingerprint density at radius 3 is 2.67 bits per heavy atom. The van der Waals surface area contributed by atoms with Gasteiger partial charge in [-0.25, -0.2) is 0 Å². The standard InChI is InChI=1S/C3H7BIP/c1-2-3-4-6-5/h2-3H2,1H3. The predicted octanol–water partition coefficient (Wildman–Crippen LogP) is 2.73. The summed E-state index contributed by atoms with van der Waals surface area (Å²) in [6, 6.07) is 0. The number of rotatable bonds is 2. The molecular formula is C3H7BIP. The summed E-state index contributed by atoms with van der Waals surface area (Å²) in [6.07, 6.45) is 2.56. The van der Waals surface area contributed by atoms with E-state index in [0.29, 0.717) is 0 Å². The van der Waals surface area contributed by atoms with Crippen molar-refractivity contribution in [3.63, 3.8) is 0 Å². The van der Waals surface area contributed by atoms with Crippen molar-refractivity contribution in [2.75, 3.05) is 0 Å². The Bertz CT molecular complexity index is 46.1. The van der Waals surface area contributed by atoms with Crippen LogP contribution in [0, 0.1) is 0 Å². The Morgan fingerprint density at radius 1 is 1.83 bits per heavy atom. The van der Waals surface area contributed by atoms with E-state index in [2.05, 4.69) is 35.6 Å². The molecule has 0 aliphatic carbocycles. The summed E-state index contributed by atoms with van der Waals surface area (Å²) in [6.45, 7) is 4.46. The molecule has 0 N–H and O–H groups in total. The molecule has 0 saturated heterocycles. The summed E-state index contributed by atoms with van der Waals surface area (Å²) in [5.74, 6) is 0. The maximum absolute atomic E-state index is 2.33. The van der Waals surface area contributed by atoms with Crippen molar-refractivity contribution in [3.05, 3.63) is 0 Å². The van der Waals surface area contributed by atoms with Gasteiger partial charge in [0, 0.05) is 0 Å². The first kappa shape index (κ1) is 7.09. The molecule has 0 aromatic rings. The fourth-order valence-corrected chi connectivity index (χ4v) is 1.37. The van der Waals surface area contributed by atoms with Crippen molar-refractivity contribution < 1.29 is 0 Å². The topological polar surface area (TPSA) is 0 Å². The molecule has 3 heteroatoms. The van der Waals surface area contributed by atoms with E-state index in [1.807, 2.05) is 0 Å². The van der Waals surface area contributed by atoms with Crippen LogP contribution in [0.1, 0.15) is 13.3 Å². The molecular weight excluding hydrogens is 205 g/mol. The van der Waals surface area contributed by atoms with Crippen molar-refractivity contribution in [1.29, 1.82) is 0 Å². The third-order valence-electron chi connectivity index (χ3n) is 0.487. The molecule has 0 amide bonds. The van der Waals surface area contributed by atoms with Crippen LogP contribution in [0.3, 0.4) is 0 Å². The van der Waals surface area contributed by atoms with Crippen molar-refractivity contribution in [2.45, 2.75) is 19.7 Å². The van der Waals surface area contributed by atoms with E-state index in [0.717, 1.165) is 0 Å². The van der Waals surface area contributed by atoms with Gasteiger partial charge in [-0.2, -0.15) is 0 Å². The van der Waals surface area contributed by atoms with Gasteiger partial charge in [0.05, 0.1) is 0 Å². The Balaban J connectivity index is 2.66. The summed E-state index contributed by atoms with van der Waals surface area (Å²) in [4.78, 5) is 0. The third-order valence-corrected chi connectivity index (χ3v) is 2.06. The molecule has 0 spiro atoms. The Hall–Kier alpha value is 1.09. The molecule has 34 valence electrons. The molecule has 0 aliphatic heterocycles. The summed E-state index contributed by atoms with van der Waals surface area (Å²) >= 11 is 2.33. The van der Waals surface area contributed by atoms with Crippen LogP contribution >= 0.6 is 27.8 Å². The van der Waals surface area contributed by atoms with Gasteiger partial charge < -0.3 is 0 Å². The average molecular weight is 212 g/mol. The molecule has 0 nitrogen and oxygen atoms in total. The number of hydrogen-bond acceptors (Lipinski definition) is 0. The molecule has 0 unspecified atom stereocenters. The summed E-state index contributed by atoms with van der Waals surface area (Å²) in [7, 11) is 0. The molecule has 0 rings (SSSR count). The Morgan fingerprint density at radius 2 is 2.50 bits per heavy atom. The molecule has 0 atom stereocenters. The number of halogens is 1. The summed E-state index contributed by atoms with van der Waals surface area (Å²) in [5, 5.41) is 0. The fraction of sp³-hybridized carbons (Fsp3) is 1.00. The van der Waals surface area contributed by atoms with E-state index in [9.17, 15) is 0 Å². The first-order valence-electron chi connectivity index (χ1n) is 2.04. The Kier molecular flexibility index (Phi) is 7.21. The van der Waals surface area contributed by atoms with E-state index >= 15 is 0 Å². The minimum atomic E-state index is 1.27. The van der Waals surface area contributed by atoms with E-state index in [1.165, 1.54) is 18.5 Å². The van der Waals surface area contributed by atoms with Crippen molar-refractivity contribution in [3.8, 4) is 0 Å². The summed E-state index contributed by atoms with van der Waals surface area (Å²) in [5.41, 5.74) is 1.39. The second kappa shape index (κ2) is 6.09. The minimum absolute atomic E-state index is 1.27. The Labute approximate surface area is 54.2 Å². The molecule has 0 saturated carbocycles. The van der Waals surface area contributed by atoms with Gasteiger partial charge in [-0.05, 0) is 0 Å². The predicted molar refractivity (Wildman–Crippen MR) is 41.8 cm³/mol. The summed E-state index contributed by atoms with van der Waals surface area (Å²) < 4.78 is 0. The van der Waals surface area contributed by atoms with Gasteiger partial charge in [0.25, 0.3) is 0 Å². The van der Waals surface area contributed by atoms with Gasteiger partial charge in [0.1, 0.15) is 0 Å². The molecule has 6 heavy (non-hydrogen) atoms. The fourth-order valence-electron chi connectivity index (χ4n) is 0.178. The van der Waals surface area contributed by atoms with Crippen molar-refractivity contribution in [1.82, 2.24) is 0 Å². The van der Waals surface area contributed by atoms with Crippen LogP contribution in [0.4, 0.5) is 0 Å². The van der Waals surface area contributed by atoms with Crippen LogP contribution in [0.25, 0.3) is 0 Å². The maximum atomic E-state index is 2.33. The first-order chi connectivity index (χ1) is 2.91. The van der Waals surface area contributed by atoms with Gasteiger partial charge in [0.15, 0.2) is 0 Å². The van der Waals surface area contributed by atoms with Crippen LogP contribution in [-0.4, -0.2) is 6.62 Å². The van der Waals surface area contributed by atoms with E-state index < -0.39 is 0 Å². The van der Waals surface area contributed by atoms with Crippen LogP contribution in [-0.2, 0) is 0 Å². The zero-order valence-electron chi connectivity index (χ0n) is 3.82. The van der Waals surface area contributed by atoms with Gasteiger partial charge in [-0.1, -0.05) is 0 Å². The second-order valence-corrected chi connectivity index (χ2v) is 3.30. The van der Waals surface area contributed by atoms with Crippen molar-refractivity contribution >= 4 is 34.4 Å². The molecule has 0 radical (unpaired) electrons. The van der Waals surface area contributed by atoms with Crippen molar-refractivity contribution in [2.24, 2.45) is 0 Å². The second-order valence-electron chi connectivity index (χ2n) is 1.07. The van der Waals surface area contributed by atoms with Gasteiger partial charge >= 0.3 is 54.0 Å². The third kappa shape index (κ3) is 5.09. The monoisotopic (exact) mass is 212 g/mol. The molecule has 0 bridgehead atoms.